The van der Waals surface area contributed by atoms with E-state index in [1.165, 1.54) is 18.3 Å². The van der Waals surface area contributed by atoms with Crippen molar-refractivity contribution in [3.63, 3.8) is 0 Å². The van der Waals surface area contributed by atoms with E-state index in [1.807, 2.05) is 31.2 Å². The van der Waals surface area contributed by atoms with Gasteiger partial charge in [-0.25, -0.2) is 4.98 Å². The molecule has 0 amide bonds. The van der Waals surface area contributed by atoms with Crippen LogP contribution >= 0.6 is 11.8 Å². The topological polar surface area (TPSA) is 88.9 Å². The lowest BCUT2D eigenvalue weighted by molar-refractivity contribution is -0.388. The predicted molar refractivity (Wildman–Crippen MR) is 89.0 cm³/mol. The Balaban J connectivity index is 1.85. The Morgan fingerprint density at radius 3 is 2.87 bits per heavy atom. The van der Waals surface area contributed by atoms with Crippen molar-refractivity contribution in [2.24, 2.45) is 0 Å². The fourth-order valence-electron chi connectivity index (χ4n) is 2.47. The highest BCUT2D eigenvalue weighted by Gasteiger charge is 2.19. The second-order valence-electron chi connectivity index (χ2n) is 4.97. The molecular weight excluding hydrogens is 314 g/mol. The monoisotopic (exact) mass is 327 g/mol. The van der Waals surface area contributed by atoms with Gasteiger partial charge in [0.2, 0.25) is 0 Å². The number of H-pyrrole nitrogens is 1. The largest absolute Gasteiger partial charge is 0.358 e. The summed E-state index contributed by atoms with van der Waals surface area (Å²) in [5.41, 5.74) is 2.25. The number of pyridine rings is 1. The molecule has 0 atom stereocenters. The molecule has 1 aromatic carbocycles. The minimum atomic E-state index is -0.489. The molecule has 0 aliphatic carbocycles. The van der Waals surface area contributed by atoms with Crippen LogP contribution in [0.1, 0.15) is 16.1 Å². The van der Waals surface area contributed by atoms with Gasteiger partial charge in [0.1, 0.15) is 0 Å². The number of aryl methyl sites for hydroxylation is 1. The Morgan fingerprint density at radius 2 is 2.09 bits per heavy atom. The minimum absolute atomic E-state index is 0.0788. The van der Waals surface area contributed by atoms with Crippen molar-refractivity contribution in [3.05, 3.63) is 64.0 Å². The number of para-hydroxylation sites is 1. The van der Waals surface area contributed by atoms with E-state index in [0.29, 0.717) is 5.56 Å². The highest BCUT2D eigenvalue weighted by Crippen LogP contribution is 2.29. The van der Waals surface area contributed by atoms with Crippen LogP contribution in [0, 0.1) is 17.0 Å². The molecule has 1 N–H and O–H groups in total. The van der Waals surface area contributed by atoms with E-state index in [1.54, 1.807) is 0 Å². The smallest absolute Gasteiger partial charge is 0.301 e. The number of rotatable bonds is 5. The van der Waals surface area contributed by atoms with E-state index in [2.05, 4.69) is 9.97 Å². The molecule has 0 saturated carbocycles. The van der Waals surface area contributed by atoms with Crippen LogP contribution in [0.5, 0.6) is 0 Å². The number of ketones is 1. The van der Waals surface area contributed by atoms with E-state index in [9.17, 15) is 14.9 Å². The summed E-state index contributed by atoms with van der Waals surface area (Å²) in [6.45, 7) is 1.85. The molecule has 3 aromatic rings. The number of Topliss-reactive ketones (excluding diaryl/α,β-unsaturated/α-hetero) is 1. The van der Waals surface area contributed by atoms with Crippen LogP contribution in [-0.4, -0.2) is 26.4 Å². The van der Waals surface area contributed by atoms with Crippen LogP contribution in [-0.2, 0) is 0 Å². The van der Waals surface area contributed by atoms with Gasteiger partial charge >= 0.3 is 5.69 Å². The molecule has 6 nitrogen and oxygen atoms in total. The quantitative estimate of drug-likeness (QED) is 0.333. The van der Waals surface area contributed by atoms with Gasteiger partial charge in [-0.2, -0.15) is 0 Å². The van der Waals surface area contributed by atoms with Crippen LogP contribution in [0.4, 0.5) is 5.69 Å². The highest BCUT2D eigenvalue weighted by atomic mass is 32.2. The molecule has 7 heteroatoms. The summed E-state index contributed by atoms with van der Waals surface area (Å²) >= 11 is 1.08. The molecule has 3 rings (SSSR count). The summed E-state index contributed by atoms with van der Waals surface area (Å²) in [6.07, 6.45) is 1.48. The molecule has 0 unspecified atom stereocenters. The van der Waals surface area contributed by atoms with Crippen LogP contribution in [0.15, 0.2) is 47.6 Å². The normalized spacial score (nSPS) is 10.8. The van der Waals surface area contributed by atoms with Gasteiger partial charge in [0.25, 0.3) is 0 Å². The maximum Gasteiger partial charge on any atom is 0.301 e. The van der Waals surface area contributed by atoms with E-state index >= 15 is 0 Å². The summed E-state index contributed by atoms with van der Waals surface area (Å²) in [5.74, 6) is 0.0190. The Labute approximate surface area is 136 Å². The number of thioether (sulfide) groups is 1. The van der Waals surface area contributed by atoms with Crippen molar-refractivity contribution in [3.8, 4) is 0 Å². The third kappa shape index (κ3) is 2.95. The zero-order valence-electron chi connectivity index (χ0n) is 12.3. The van der Waals surface area contributed by atoms with Gasteiger partial charge in [-0.1, -0.05) is 30.0 Å². The Bertz CT molecular complexity index is 904. The molecule has 0 radical (unpaired) electrons. The number of hydrogen-bond donors (Lipinski definition) is 1. The molecule has 23 heavy (non-hydrogen) atoms. The summed E-state index contributed by atoms with van der Waals surface area (Å²) in [5, 5.41) is 12.1. The number of aromatic amines is 1. The number of carbonyl (C=O) groups excluding carboxylic acids is 1. The van der Waals surface area contributed by atoms with Crippen molar-refractivity contribution in [1.82, 2.24) is 9.97 Å². The molecule has 0 bridgehead atoms. The Kier molecular flexibility index (Phi) is 4.12. The summed E-state index contributed by atoms with van der Waals surface area (Å²) in [7, 11) is 0. The van der Waals surface area contributed by atoms with Gasteiger partial charge in [0.15, 0.2) is 10.8 Å². The molecular formula is C16H13N3O3S. The summed E-state index contributed by atoms with van der Waals surface area (Å²) < 4.78 is 0. The molecule has 116 valence electrons. The molecule has 2 heterocycles. The lowest BCUT2D eigenvalue weighted by Gasteiger charge is -2.02. The van der Waals surface area contributed by atoms with E-state index in [4.69, 9.17) is 0 Å². The lowest BCUT2D eigenvalue weighted by Crippen LogP contribution is -2.04. The standard InChI is InChI=1S/C16H13N3O3S/c1-10-15(11-5-2-3-6-12(11)18-10)14(20)9-23-16-13(19(21)22)7-4-8-17-16/h2-8,18H,9H2,1H3. The molecule has 0 fully saturated rings. The fraction of sp³-hybridized carbons (Fsp3) is 0.125. The Morgan fingerprint density at radius 1 is 1.30 bits per heavy atom. The number of aromatic nitrogens is 2. The summed E-state index contributed by atoms with van der Waals surface area (Å²) in [6, 6.07) is 10.5. The van der Waals surface area contributed by atoms with E-state index in [0.717, 1.165) is 28.4 Å². The Hall–Kier alpha value is -2.67. The first-order valence-corrected chi connectivity index (χ1v) is 7.89. The van der Waals surface area contributed by atoms with Crippen molar-refractivity contribution in [1.29, 1.82) is 0 Å². The third-order valence-electron chi connectivity index (χ3n) is 3.46. The van der Waals surface area contributed by atoms with E-state index in [-0.39, 0.29) is 22.2 Å². The van der Waals surface area contributed by atoms with Gasteiger partial charge in [0.05, 0.1) is 10.7 Å². The van der Waals surface area contributed by atoms with Gasteiger partial charge in [-0.05, 0) is 19.1 Å². The molecule has 0 aliphatic heterocycles. The van der Waals surface area contributed by atoms with Crippen LogP contribution < -0.4 is 0 Å². The van der Waals surface area contributed by atoms with Gasteiger partial charge in [-0.15, -0.1) is 0 Å². The van der Waals surface area contributed by atoms with Crippen LogP contribution in [0.3, 0.4) is 0 Å². The maximum absolute atomic E-state index is 12.6. The van der Waals surface area contributed by atoms with Crippen molar-refractivity contribution >= 4 is 34.1 Å². The number of nitrogens with zero attached hydrogens (tertiary/aromatic N) is 2. The second-order valence-corrected chi connectivity index (χ2v) is 5.93. The number of nitro groups is 1. The molecule has 0 saturated heterocycles. The van der Waals surface area contributed by atoms with Crippen LogP contribution in [0.25, 0.3) is 10.9 Å². The molecule has 0 spiro atoms. The number of nitrogens with one attached hydrogen (secondary N) is 1. The first-order chi connectivity index (χ1) is 11.1. The van der Waals surface area contributed by atoms with Crippen molar-refractivity contribution < 1.29 is 9.72 Å². The number of hydrogen-bond acceptors (Lipinski definition) is 5. The maximum atomic E-state index is 12.6. The molecule has 0 aliphatic rings. The van der Waals surface area contributed by atoms with Gasteiger partial charge in [0, 0.05) is 34.4 Å². The third-order valence-corrected chi connectivity index (χ3v) is 4.45. The van der Waals surface area contributed by atoms with Gasteiger partial charge in [-0.3, -0.25) is 14.9 Å². The number of fused-ring (bicyclic) bond motifs is 1. The van der Waals surface area contributed by atoms with E-state index < -0.39 is 4.92 Å². The second kappa shape index (κ2) is 6.21. The van der Waals surface area contributed by atoms with Crippen molar-refractivity contribution in [2.75, 3.05) is 5.75 Å². The zero-order chi connectivity index (χ0) is 16.4. The fourth-order valence-corrected chi connectivity index (χ4v) is 3.31. The first-order valence-electron chi connectivity index (χ1n) is 6.90. The molecule has 2 aromatic heterocycles. The first kappa shape index (κ1) is 15.2. The lowest BCUT2D eigenvalue weighted by atomic mass is 10.1. The SMILES string of the molecule is Cc1[nH]c2ccccc2c1C(=O)CSc1ncccc1[N+](=O)[O-]. The highest BCUT2D eigenvalue weighted by molar-refractivity contribution is 8.00. The summed E-state index contributed by atoms with van der Waals surface area (Å²) in [4.78, 5) is 30.2. The predicted octanol–water partition coefficient (Wildman–Crippen LogP) is 3.75. The van der Waals surface area contributed by atoms with Crippen molar-refractivity contribution in [2.45, 2.75) is 11.9 Å². The average Bonchev–Trinajstić information content (AvgIpc) is 2.88. The van der Waals surface area contributed by atoms with Gasteiger partial charge < -0.3 is 4.98 Å². The minimum Gasteiger partial charge on any atom is -0.358 e. The zero-order valence-corrected chi connectivity index (χ0v) is 13.1. The number of carbonyl (C=O) groups is 1. The van der Waals surface area contributed by atoms with Crippen LogP contribution in [0.2, 0.25) is 0 Å². The number of benzene rings is 1. The average molecular weight is 327 g/mol.